The van der Waals surface area contributed by atoms with E-state index in [9.17, 15) is 9.59 Å². The van der Waals surface area contributed by atoms with E-state index in [4.69, 9.17) is 0 Å². The lowest BCUT2D eigenvalue weighted by Gasteiger charge is -2.35. The lowest BCUT2D eigenvalue weighted by molar-refractivity contribution is -0.120. The van der Waals surface area contributed by atoms with Crippen molar-refractivity contribution in [1.82, 2.24) is 9.80 Å². The van der Waals surface area contributed by atoms with Gasteiger partial charge in [0, 0.05) is 25.2 Å². The van der Waals surface area contributed by atoms with E-state index in [1.807, 2.05) is 29.2 Å². The number of fused-ring (bicyclic) bond motifs is 3. The maximum Gasteiger partial charge on any atom is 0.254 e. The topological polar surface area (TPSA) is 40.6 Å². The molecule has 2 heterocycles. The molecule has 0 unspecified atom stereocenters. The molecular weight excluding hydrogens is 204 g/mol. The van der Waals surface area contributed by atoms with Gasteiger partial charge in [-0.15, -0.1) is 0 Å². The minimum atomic E-state index is 0.0580. The Morgan fingerprint density at radius 1 is 1.25 bits per heavy atom. The van der Waals surface area contributed by atoms with E-state index in [1.54, 1.807) is 4.90 Å². The van der Waals surface area contributed by atoms with E-state index < -0.39 is 0 Å². The van der Waals surface area contributed by atoms with Crippen molar-refractivity contribution >= 4 is 12.3 Å². The molecule has 1 saturated heterocycles. The van der Waals surface area contributed by atoms with Gasteiger partial charge in [0.25, 0.3) is 5.91 Å². The Labute approximate surface area is 93.5 Å². The average molecular weight is 216 g/mol. The summed E-state index contributed by atoms with van der Waals surface area (Å²) in [5, 5.41) is 0. The summed E-state index contributed by atoms with van der Waals surface area (Å²) in [7, 11) is 0. The molecule has 0 aliphatic carbocycles. The molecule has 1 aromatic carbocycles. The number of rotatable bonds is 1. The van der Waals surface area contributed by atoms with Crippen LogP contribution in [0.2, 0.25) is 0 Å². The first-order valence-corrected chi connectivity index (χ1v) is 5.40. The molecule has 2 aliphatic heterocycles. The van der Waals surface area contributed by atoms with Crippen molar-refractivity contribution in [1.29, 1.82) is 0 Å². The maximum atomic E-state index is 12.0. The Bertz CT molecular complexity index is 458. The molecule has 0 radical (unpaired) electrons. The summed E-state index contributed by atoms with van der Waals surface area (Å²) in [5.74, 6) is 0.103. The monoisotopic (exact) mass is 216 g/mol. The molecule has 2 aliphatic rings. The van der Waals surface area contributed by atoms with Gasteiger partial charge in [0.1, 0.15) is 0 Å². The molecular formula is C12H12N2O2. The summed E-state index contributed by atoms with van der Waals surface area (Å²) in [5.41, 5.74) is 1.85. The van der Waals surface area contributed by atoms with Crippen molar-refractivity contribution in [3.8, 4) is 0 Å². The number of carbonyl (C=O) groups excluding carboxylic acids is 2. The number of piperazine rings is 1. The van der Waals surface area contributed by atoms with E-state index in [1.165, 1.54) is 0 Å². The molecule has 0 spiro atoms. The summed E-state index contributed by atoms with van der Waals surface area (Å²) in [6.45, 7) is 1.89. The molecule has 0 bridgehead atoms. The standard InChI is InChI=1S/C12H12N2O2/c15-8-13-5-6-14-11(7-13)9-3-1-2-4-10(9)12(14)16/h1-4,8,11H,5-7H2/t11-/m1/s1. The molecule has 82 valence electrons. The van der Waals surface area contributed by atoms with Crippen LogP contribution in [-0.4, -0.2) is 41.8 Å². The molecule has 4 nitrogen and oxygen atoms in total. The first-order valence-electron chi connectivity index (χ1n) is 5.40. The Morgan fingerprint density at radius 3 is 2.88 bits per heavy atom. The van der Waals surface area contributed by atoms with Crippen LogP contribution in [0.1, 0.15) is 22.0 Å². The number of amides is 2. The number of hydrogen-bond donors (Lipinski definition) is 0. The van der Waals surface area contributed by atoms with Crippen LogP contribution in [-0.2, 0) is 4.79 Å². The van der Waals surface area contributed by atoms with Crippen LogP contribution in [0.4, 0.5) is 0 Å². The van der Waals surface area contributed by atoms with Crippen molar-refractivity contribution in [2.45, 2.75) is 6.04 Å². The van der Waals surface area contributed by atoms with Gasteiger partial charge >= 0.3 is 0 Å². The molecule has 3 rings (SSSR count). The van der Waals surface area contributed by atoms with Crippen LogP contribution in [0.15, 0.2) is 24.3 Å². The van der Waals surface area contributed by atoms with Crippen molar-refractivity contribution in [3.63, 3.8) is 0 Å². The predicted molar refractivity (Wildman–Crippen MR) is 57.9 cm³/mol. The minimum Gasteiger partial charge on any atom is -0.341 e. The van der Waals surface area contributed by atoms with Gasteiger partial charge in [0.05, 0.1) is 6.04 Å². The van der Waals surface area contributed by atoms with Gasteiger partial charge in [0.2, 0.25) is 6.41 Å². The highest BCUT2D eigenvalue weighted by Crippen LogP contribution is 2.35. The molecule has 16 heavy (non-hydrogen) atoms. The molecule has 1 atom stereocenters. The highest BCUT2D eigenvalue weighted by Gasteiger charge is 2.39. The molecule has 0 saturated carbocycles. The first-order chi connectivity index (χ1) is 7.81. The van der Waals surface area contributed by atoms with Gasteiger partial charge < -0.3 is 9.80 Å². The van der Waals surface area contributed by atoms with Crippen molar-refractivity contribution in [3.05, 3.63) is 35.4 Å². The zero-order valence-electron chi connectivity index (χ0n) is 8.80. The molecule has 1 fully saturated rings. The van der Waals surface area contributed by atoms with Gasteiger partial charge in [-0.25, -0.2) is 0 Å². The van der Waals surface area contributed by atoms with Crippen LogP contribution >= 0.6 is 0 Å². The summed E-state index contributed by atoms with van der Waals surface area (Å²) in [4.78, 5) is 26.4. The zero-order valence-corrected chi connectivity index (χ0v) is 8.80. The number of nitrogens with zero attached hydrogens (tertiary/aromatic N) is 2. The Morgan fingerprint density at radius 2 is 2.06 bits per heavy atom. The SMILES string of the molecule is O=CN1CCN2C(=O)c3ccccc3[C@H]2C1. The predicted octanol–water partition coefficient (Wildman–Crippen LogP) is 0.655. The fourth-order valence-corrected chi connectivity index (χ4v) is 2.55. The molecule has 4 heteroatoms. The Hall–Kier alpha value is -1.84. The minimum absolute atomic E-state index is 0.0580. The molecule has 0 aromatic heterocycles. The first kappa shape index (κ1) is 9.39. The van der Waals surface area contributed by atoms with Crippen molar-refractivity contribution in [2.24, 2.45) is 0 Å². The third kappa shape index (κ3) is 1.16. The van der Waals surface area contributed by atoms with Crippen LogP contribution in [0.3, 0.4) is 0 Å². The third-order valence-corrected chi connectivity index (χ3v) is 3.37. The maximum absolute atomic E-state index is 12.0. The highest BCUT2D eigenvalue weighted by molar-refractivity contribution is 5.99. The lowest BCUT2D eigenvalue weighted by Crippen LogP contribution is -2.46. The second-order valence-electron chi connectivity index (χ2n) is 4.20. The van der Waals surface area contributed by atoms with Gasteiger partial charge in [-0.2, -0.15) is 0 Å². The zero-order chi connectivity index (χ0) is 11.1. The molecule has 0 N–H and O–H groups in total. The second kappa shape index (κ2) is 3.33. The third-order valence-electron chi connectivity index (χ3n) is 3.37. The van der Waals surface area contributed by atoms with E-state index in [2.05, 4.69) is 0 Å². The highest BCUT2D eigenvalue weighted by atomic mass is 16.2. The van der Waals surface area contributed by atoms with E-state index in [0.29, 0.717) is 19.6 Å². The van der Waals surface area contributed by atoms with E-state index in [-0.39, 0.29) is 11.9 Å². The molecule has 1 aromatic rings. The van der Waals surface area contributed by atoms with Crippen LogP contribution in [0, 0.1) is 0 Å². The fraction of sp³-hybridized carbons (Fsp3) is 0.333. The Balaban J connectivity index is 2.01. The van der Waals surface area contributed by atoms with Gasteiger partial charge in [-0.05, 0) is 11.6 Å². The van der Waals surface area contributed by atoms with Crippen LogP contribution in [0.5, 0.6) is 0 Å². The second-order valence-corrected chi connectivity index (χ2v) is 4.20. The smallest absolute Gasteiger partial charge is 0.254 e. The average Bonchev–Trinajstić information content (AvgIpc) is 2.64. The largest absolute Gasteiger partial charge is 0.341 e. The summed E-state index contributed by atoms with van der Waals surface area (Å²) < 4.78 is 0. The summed E-state index contributed by atoms with van der Waals surface area (Å²) in [6, 6.07) is 7.72. The summed E-state index contributed by atoms with van der Waals surface area (Å²) >= 11 is 0. The fourth-order valence-electron chi connectivity index (χ4n) is 2.55. The lowest BCUT2D eigenvalue weighted by atomic mass is 10.0. The van der Waals surface area contributed by atoms with Gasteiger partial charge in [-0.3, -0.25) is 9.59 Å². The van der Waals surface area contributed by atoms with Crippen LogP contribution in [0.25, 0.3) is 0 Å². The van der Waals surface area contributed by atoms with Gasteiger partial charge in [-0.1, -0.05) is 18.2 Å². The van der Waals surface area contributed by atoms with Gasteiger partial charge in [0.15, 0.2) is 0 Å². The quantitative estimate of drug-likeness (QED) is 0.647. The Kier molecular flexibility index (Phi) is 1.96. The number of carbonyl (C=O) groups is 2. The van der Waals surface area contributed by atoms with Crippen molar-refractivity contribution in [2.75, 3.05) is 19.6 Å². The molecule has 2 amide bonds. The number of benzene rings is 1. The van der Waals surface area contributed by atoms with E-state index >= 15 is 0 Å². The number of hydrogen-bond acceptors (Lipinski definition) is 2. The van der Waals surface area contributed by atoms with Crippen LogP contribution < -0.4 is 0 Å². The van der Waals surface area contributed by atoms with E-state index in [0.717, 1.165) is 17.5 Å². The summed E-state index contributed by atoms with van der Waals surface area (Å²) in [6.07, 6.45) is 0.864. The normalized spacial score (nSPS) is 23.0. The van der Waals surface area contributed by atoms with Crippen molar-refractivity contribution < 1.29 is 9.59 Å².